The predicted octanol–water partition coefficient (Wildman–Crippen LogP) is 0.501. The van der Waals surface area contributed by atoms with Crippen LogP contribution in [0.1, 0.15) is 6.92 Å². The van der Waals surface area contributed by atoms with Crippen LogP contribution in [0.2, 0.25) is 0 Å². The van der Waals surface area contributed by atoms with Crippen LogP contribution in [0.25, 0.3) is 0 Å². The molecule has 0 aromatic rings. The zero-order valence-corrected chi connectivity index (χ0v) is 6.44. The third-order valence-electron chi connectivity index (χ3n) is 0. The van der Waals surface area contributed by atoms with Crippen LogP contribution >= 0.6 is 9.24 Å². The maximum Gasteiger partial charge on any atom is 0 e. The second-order valence-electron chi connectivity index (χ2n) is 0.408. The van der Waals surface area contributed by atoms with Crippen molar-refractivity contribution in [3.05, 3.63) is 0 Å². The van der Waals surface area contributed by atoms with Gasteiger partial charge in [0, 0.05) is 19.8 Å². The Hall–Kier alpha value is 1.07. The van der Waals surface area contributed by atoms with E-state index in [0.29, 0.717) is 0 Å². The van der Waals surface area contributed by atoms with Crippen molar-refractivity contribution >= 4 is 29.0 Å². The second-order valence-corrected chi connectivity index (χ2v) is 1.22. The van der Waals surface area contributed by atoms with Gasteiger partial charge in [0.1, 0.15) is 0 Å². The summed E-state index contributed by atoms with van der Waals surface area (Å²) in [5, 5.41) is 0. The van der Waals surface area contributed by atoms with Gasteiger partial charge in [-0.2, -0.15) is 0 Å². The summed E-state index contributed by atoms with van der Waals surface area (Å²) < 4.78 is 0. The Morgan fingerprint density at radius 2 is 1.75 bits per heavy atom. The molecule has 0 N–H and O–H groups in total. The van der Waals surface area contributed by atoms with Gasteiger partial charge in [0.05, 0.1) is 0 Å². The smallest absolute Gasteiger partial charge is 0 e. The van der Waals surface area contributed by atoms with E-state index in [1.807, 2.05) is 0 Å². The number of rotatable bonds is 0. The molecular formula is C2H7GaP. The summed E-state index contributed by atoms with van der Waals surface area (Å²) in [5.74, 6) is 0. The van der Waals surface area contributed by atoms with Crippen molar-refractivity contribution in [1.82, 2.24) is 0 Å². The van der Waals surface area contributed by atoms with Gasteiger partial charge in [-0.05, 0) is 6.16 Å². The summed E-state index contributed by atoms with van der Waals surface area (Å²) in [4.78, 5) is 0. The molecule has 0 aliphatic rings. The summed E-state index contributed by atoms with van der Waals surface area (Å²) in [5.41, 5.74) is 0. The Balaban J connectivity index is 0. The molecule has 0 aliphatic carbocycles. The average Bonchev–Trinajstić information content (AvgIpc) is 0.918. The molecule has 0 nitrogen and oxygen atoms in total. The topological polar surface area (TPSA) is 0 Å². The Bertz CT molecular complexity index is 6.00. The Morgan fingerprint density at radius 1 is 1.75 bits per heavy atom. The van der Waals surface area contributed by atoms with Crippen molar-refractivity contribution in [2.24, 2.45) is 0 Å². The molecule has 0 amide bonds. The van der Waals surface area contributed by atoms with Gasteiger partial charge < -0.3 is 0 Å². The maximum atomic E-state index is 2.58. The molecular weight excluding hydrogens is 125 g/mol. The molecule has 0 aromatic carbocycles. The van der Waals surface area contributed by atoms with Crippen LogP contribution in [-0.4, -0.2) is 26.0 Å². The first-order valence-electron chi connectivity index (χ1n) is 1.12. The van der Waals surface area contributed by atoms with E-state index in [1.54, 1.807) is 0 Å². The van der Waals surface area contributed by atoms with Crippen LogP contribution in [-0.2, 0) is 0 Å². The number of hydrogen-bond donors (Lipinski definition) is 0. The Morgan fingerprint density at radius 3 is 1.75 bits per heavy atom. The van der Waals surface area contributed by atoms with E-state index in [9.17, 15) is 0 Å². The molecule has 0 heterocycles. The van der Waals surface area contributed by atoms with Crippen molar-refractivity contribution < 1.29 is 0 Å². The van der Waals surface area contributed by atoms with Gasteiger partial charge in [0.15, 0.2) is 0 Å². The first-order chi connectivity index (χ1) is 1.41. The molecule has 0 fully saturated rings. The molecule has 4 heavy (non-hydrogen) atoms. The van der Waals surface area contributed by atoms with Crippen molar-refractivity contribution in [1.29, 1.82) is 0 Å². The van der Waals surface area contributed by atoms with Gasteiger partial charge in [-0.25, -0.2) is 0 Å². The van der Waals surface area contributed by atoms with Gasteiger partial charge in [-0.1, -0.05) is 6.92 Å². The monoisotopic (exact) mass is 131 g/mol. The SMILES string of the molecule is CCP.[Ga]. The molecule has 0 spiro atoms. The van der Waals surface area contributed by atoms with Crippen LogP contribution in [0.5, 0.6) is 0 Å². The molecule has 0 bridgehead atoms. The summed E-state index contributed by atoms with van der Waals surface area (Å²) in [7, 11) is 2.58. The van der Waals surface area contributed by atoms with Crippen molar-refractivity contribution in [3.63, 3.8) is 0 Å². The minimum Gasteiger partial charge on any atom is -0.138 e. The van der Waals surface area contributed by atoms with E-state index in [0.717, 1.165) is 0 Å². The zero-order valence-electron chi connectivity index (χ0n) is 2.86. The van der Waals surface area contributed by atoms with Crippen LogP contribution in [0, 0.1) is 0 Å². The molecule has 0 aromatic heterocycles. The molecule has 0 aliphatic heterocycles. The molecule has 1 atom stereocenters. The van der Waals surface area contributed by atoms with Crippen LogP contribution in [0.15, 0.2) is 0 Å². The minimum atomic E-state index is 0. The van der Waals surface area contributed by atoms with E-state index in [1.165, 1.54) is 6.16 Å². The van der Waals surface area contributed by atoms with E-state index < -0.39 is 0 Å². The van der Waals surface area contributed by atoms with E-state index in [-0.39, 0.29) is 19.8 Å². The van der Waals surface area contributed by atoms with Gasteiger partial charge in [-0.15, -0.1) is 9.24 Å². The fraction of sp³-hybridized carbons (Fsp3) is 1.00. The fourth-order valence-corrected chi connectivity index (χ4v) is 0. The normalized spacial score (nSPS) is 4.50. The van der Waals surface area contributed by atoms with Crippen LogP contribution < -0.4 is 0 Å². The summed E-state index contributed by atoms with van der Waals surface area (Å²) in [6.45, 7) is 2.09. The quantitative estimate of drug-likeness (QED) is 0.332. The third-order valence-corrected chi connectivity index (χ3v) is 0. The molecule has 0 saturated heterocycles. The van der Waals surface area contributed by atoms with Gasteiger partial charge in [-0.3, -0.25) is 0 Å². The first-order valence-corrected chi connectivity index (χ1v) is 1.93. The first kappa shape index (κ1) is 8.91. The Kier molecular flexibility index (Phi) is 19.9. The predicted molar refractivity (Wildman–Crippen MR) is 26.0 cm³/mol. The van der Waals surface area contributed by atoms with Gasteiger partial charge in [0.2, 0.25) is 0 Å². The largest absolute Gasteiger partial charge is 0.138 e. The third kappa shape index (κ3) is 11.5. The summed E-state index contributed by atoms with van der Waals surface area (Å²) in [6.07, 6.45) is 1.17. The fourth-order valence-electron chi connectivity index (χ4n) is 0. The molecule has 2 heteroatoms. The van der Waals surface area contributed by atoms with Gasteiger partial charge >= 0.3 is 0 Å². The molecule has 0 rings (SSSR count). The second kappa shape index (κ2) is 8.95. The van der Waals surface area contributed by atoms with E-state index >= 15 is 0 Å². The molecule has 1 unspecified atom stereocenters. The minimum absolute atomic E-state index is 0. The number of hydrogen-bond acceptors (Lipinski definition) is 0. The Labute approximate surface area is 42.6 Å². The van der Waals surface area contributed by atoms with Crippen LogP contribution in [0.3, 0.4) is 0 Å². The summed E-state index contributed by atoms with van der Waals surface area (Å²) in [6, 6.07) is 0. The van der Waals surface area contributed by atoms with Crippen LogP contribution in [0.4, 0.5) is 0 Å². The molecule has 0 saturated carbocycles. The van der Waals surface area contributed by atoms with Crippen molar-refractivity contribution in [2.45, 2.75) is 6.92 Å². The maximum absolute atomic E-state index is 2.58. The summed E-state index contributed by atoms with van der Waals surface area (Å²) >= 11 is 0. The van der Waals surface area contributed by atoms with Gasteiger partial charge in [0.25, 0.3) is 0 Å². The standard InChI is InChI=1S/C2H7P.Ga/c1-2-3;/h2-3H2,1H3;. The van der Waals surface area contributed by atoms with Crippen molar-refractivity contribution in [2.75, 3.05) is 6.16 Å². The average molecular weight is 132 g/mol. The van der Waals surface area contributed by atoms with E-state index in [2.05, 4.69) is 16.2 Å². The molecule has 3 radical (unpaired) electrons. The van der Waals surface area contributed by atoms with Crippen molar-refractivity contribution in [3.8, 4) is 0 Å². The van der Waals surface area contributed by atoms with E-state index in [4.69, 9.17) is 0 Å². The molecule has 23 valence electrons. The zero-order chi connectivity index (χ0) is 2.71.